The van der Waals surface area contributed by atoms with Crippen LogP contribution in [0.15, 0.2) is 53.4 Å². The summed E-state index contributed by atoms with van der Waals surface area (Å²) in [5.41, 5.74) is 2.87. The summed E-state index contributed by atoms with van der Waals surface area (Å²) in [6, 6.07) is 11.3. The van der Waals surface area contributed by atoms with Crippen LogP contribution in [-0.4, -0.2) is 8.42 Å². The molecule has 5 nitrogen and oxygen atoms in total. The van der Waals surface area contributed by atoms with Gasteiger partial charge in [-0.1, -0.05) is 12.1 Å². The first-order valence-corrected chi connectivity index (χ1v) is 6.85. The molecule has 0 fully saturated rings. The van der Waals surface area contributed by atoms with Crippen LogP contribution in [0.3, 0.4) is 0 Å². The third-order valence-electron chi connectivity index (χ3n) is 2.45. The molecule has 0 radical (unpaired) electrons. The van der Waals surface area contributed by atoms with Gasteiger partial charge in [0.25, 0.3) is 10.0 Å². The summed E-state index contributed by atoms with van der Waals surface area (Å²) in [4.78, 5) is 0.0229. The number of hydrogen-bond acceptors (Lipinski definition) is 4. The Balaban J connectivity index is 2.30. The van der Waals surface area contributed by atoms with E-state index in [1.165, 1.54) is 42.5 Å². The van der Waals surface area contributed by atoms with Gasteiger partial charge in [-0.25, -0.2) is 12.8 Å². The van der Waals surface area contributed by atoms with Gasteiger partial charge in [-0.15, -0.1) is 0 Å². The fraction of sp³-hybridized carbons (Fsp3) is 0. The van der Waals surface area contributed by atoms with Crippen molar-refractivity contribution in [2.24, 2.45) is 5.84 Å². The zero-order chi connectivity index (χ0) is 13.9. The second-order valence-electron chi connectivity index (χ2n) is 3.75. The van der Waals surface area contributed by atoms with Crippen LogP contribution in [-0.2, 0) is 10.0 Å². The van der Waals surface area contributed by atoms with E-state index >= 15 is 0 Å². The minimum Gasteiger partial charge on any atom is -0.324 e. The average Bonchev–Trinajstić information content (AvgIpc) is 2.41. The van der Waals surface area contributed by atoms with Crippen molar-refractivity contribution in [2.45, 2.75) is 4.90 Å². The molecule has 0 aliphatic rings. The van der Waals surface area contributed by atoms with Crippen molar-refractivity contribution in [2.75, 3.05) is 10.1 Å². The van der Waals surface area contributed by atoms with Crippen LogP contribution >= 0.6 is 0 Å². The van der Waals surface area contributed by atoms with Crippen molar-refractivity contribution in [1.82, 2.24) is 0 Å². The Morgan fingerprint density at radius 3 is 2.21 bits per heavy atom. The number of rotatable bonds is 4. The van der Waals surface area contributed by atoms with E-state index in [1.807, 2.05) is 0 Å². The summed E-state index contributed by atoms with van der Waals surface area (Å²) in [6.07, 6.45) is 0. The zero-order valence-electron chi connectivity index (χ0n) is 9.80. The Hall–Kier alpha value is -2.12. The lowest BCUT2D eigenvalue weighted by Crippen LogP contribution is -2.14. The zero-order valence-corrected chi connectivity index (χ0v) is 10.6. The third-order valence-corrected chi connectivity index (χ3v) is 3.83. The second kappa shape index (κ2) is 5.25. The summed E-state index contributed by atoms with van der Waals surface area (Å²) >= 11 is 0. The van der Waals surface area contributed by atoms with Crippen LogP contribution in [0.1, 0.15) is 0 Å². The number of nitrogens with one attached hydrogen (secondary N) is 2. The Labute approximate surface area is 110 Å². The van der Waals surface area contributed by atoms with Crippen molar-refractivity contribution in [3.8, 4) is 0 Å². The van der Waals surface area contributed by atoms with E-state index in [1.54, 1.807) is 6.07 Å². The molecule has 0 heterocycles. The second-order valence-corrected chi connectivity index (χ2v) is 5.44. The summed E-state index contributed by atoms with van der Waals surface area (Å²) in [5, 5.41) is 0. The van der Waals surface area contributed by atoms with Gasteiger partial charge in [0.15, 0.2) is 0 Å². The molecule has 2 aromatic carbocycles. The fourth-order valence-electron chi connectivity index (χ4n) is 1.48. The molecular weight excluding hydrogens is 269 g/mol. The highest BCUT2D eigenvalue weighted by Gasteiger charge is 2.15. The molecule has 0 aromatic heterocycles. The van der Waals surface area contributed by atoms with E-state index in [4.69, 9.17) is 5.84 Å². The molecule has 0 saturated carbocycles. The first kappa shape index (κ1) is 13.3. The molecule has 19 heavy (non-hydrogen) atoms. The van der Waals surface area contributed by atoms with E-state index in [0.717, 1.165) is 0 Å². The lowest BCUT2D eigenvalue weighted by Gasteiger charge is -2.09. The molecule has 0 saturated heterocycles. The smallest absolute Gasteiger partial charge is 0.261 e. The number of nitrogens with two attached hydrogens (primary N) is 1. The molecule has 100 valence electrons. The maximum Gasteiger partial charge on any atom is 0.261 e. The summed E-state index contributed by atoms with van der Waals surface area (Å²) in [6.45, 7) is 0. The van der Waals surface area contributed by atoms with Gasteiger partial charge in [-0.05, 0) is 36.4 Å². The van der Waals surface area contributed by atoms with Crippen LogP contribution in [0.2, 0.25) is 0 Å². The minimum atomic E-state index is -3.82. The number of hydrazine groups is 1. The van der Waals surface area contributed by atoms with Crippen molar-refractivity contribution in [1.29, 1.82) is 0 Å². The van der Waals surface area contributed by atoms with Gasteiger partial charge in [0.05, 0.1) is 10.6 Å². The molecule has 2 rings (SSSR count). The normalized spacial score (nSPS) is 11.1. The third kappa shape index (κ3) is 3.01. The quantitative estimate of drug-likeness (QED) is 0.590. The molecule has 0 spiro atoms. The van der Waals surface area contributed by atoms with Crippen LogP contribution in [0.4, 0.5) is 15.8 Å². The van der Waals surface area contributed by atoms with Gasteiger partial charge in [0.1, 0.15) is 5.82 Å². The van der Waals surface area contributed by atoms with Gasteiger partial charge in [0.2, 0.25) is 0 Å². The Kier molecular flexibility index (Phi) is 3.68. The predicted octanol–water partition coefficient (Wildman–Crippen LogP) is 1.91. The van der Waals surface area contributed by atoms with Crippen molar-refractivity contribution in [3.63, 3.8) is 0 Å². The lowest BCUT2D eigenvalue weighted by molar-refractivity contribution is 0.598. The Morgan fingerprint density at radius 2 is 1.63 bits per heavy atom. The molecular formula is C12H12FN3O2S. The molecule has 0 bridgehead atoms. The SMILES string of the molecule is NNc1ccc(S(=O)(=O)Nc2ccccc2F)cc1. The number of benzene rings is 2. The van der Waals surface area contributed by atoms with Crippen LogP contribution < -0.4 is 16.0 Å². The Morgan fingerprint density at radius 1 is 1.00 bits per heavy atom. The Bertz CT molecular complexity index is 672. The number of para-hydroxylation sites is 1. The number of anilines is 2. The molecule has 0 unspecified atom stereocenters. The maximum absolute atomic E-state index is 13.4. The largest absolute Gasteiger partial charge is 0.324 e. The van der Waals surface area contributed by atoms with Crippen LogP contribution in [0, 0.1) is 5.82 Å². The summed E-state index contributed by atoms with van der Waals surface area (Å²) in [5.74, 6) is 4.55. The van der Waals surface area contributed by atoms with E-state index in [2.05, 4.69) is 10.1 Å². The highest BCUT2D eigenvalue weighted by atomic mass is 32.2. The number of sulfonamides is 1. The van der Waals surface area contributed by atoms with Gasteiger partial charge in [-0.3, -0.25) is 10.6 Å². The van der Waals surface area contributed by atoms with Gasteiger partial charge in [-0.2, -0.15) is 0 Å². The number of nitrogen functional groups attached to an aromatic ring is 1. The topological polar surface area (TPSA) is 84.2 Å². The summed E-state index contributed by atoms with van der Waals surface area (Å²) in [7, 11) is -3.82. The van der Waals surface area contributed by atoms with Gasteiger partial charge >= 0.3 is 0 Å². The van der Waals surface area contributed by atoms with E-state index < -0.39 is 15.8 Å². The molecule has 0 amide bonds. The molecule has 7 heteroatoms. The van der Waals surface area contributed by atoms with Crippen LogP contribution in [0.25, 0.3) is 0 Å². The van der Waals surface area contributed by atoms with Gasteiger partial charge < -0.3 is 5.43 Å². The number of hydrogen-bond donors (Lipinski definition) is 3. The molecule has 4 N–H and O–H groups in total. The monoisotopic (exact) mass is 281 g/mol. The van der Waals surface area contributed by atoms with Crippen molar-refractivity contribution >= 4 is 21.4 Å². The first-order valence-electron chi connectivity index (χ1n) is 5.37. The van der Waals surface area contributed by atoms with Crippen LogP contribution in [0.5, 0.6) is 0 Å². The molecule has 0 aliphatic carbocycles. The van der Waals surface area contributed by atoms with E-state index in [9.17, 15) is 12.8 Å². The lowest BCUT2D eigenvalue weighted by atomic mass is 10.3. The standard InChI is InChI=1S/C12H12FN3O2S/c13-11-3-1-2-4-12(11)16-19(17,18)10-7-5-9(15-14)6-8-10/h1-8,15-16H,14H2. The first-order chi connectivity index (χ1) is 9.03. The highest BCUT2D eigenvalue weighted by molar-refractivity contribution is 7.92. The van der Waals surface area contributed by atoms with E-state index in [0.29, 0.717) is 5.69 Å². The molecule has 0 aliphatic heterocycles. The maximum atomic E-state index is 13.4. The summed E-state index contributed by atoms with van der Waals surface area (Å²) < 4.78 is 39.6. The molecule has 2 aromatic rings. The fourth-order valence-corrected chi connectivity index (χ4v) is 2.55. The van der Waals surface area contributed by atoms with E-state index in [-0.39, 0.29) is 10.6 Å². The molecule has 0 atom stereocenters. The average molecular weight is 281 g/mol. The van der Waals surface area contributed by atoms with Crippen molar-refractivity contribution in [3.05, 3.63) is 54.3 Å². The number of halogens is 1. The van der Waals surface area contributed by atoms with Crippen molar-refractivity contribution < 1.29 is 12.8 Å². The van der Waals surface area contributed by atoms with Gasteiger partial charge in [0, 0.05) is 5.69 Å². The minimum absolute atomic E-state index is 0.0229. The highest BCUT2D eigenvalue weighted by Crippen LogP contribution is 2.19. The predicted molar refractivity (Wildman–Crippen MR) is 71.5 cm³/mol.